The van der Waals surface area contributed by atoms with Gasteiger partial charge in [-0.05, 0) is 42.3 Å². The van der Waals surface area contributed by atoms with Crippen molar-refractivity contribution in [2.75, 3.05) is 53.4 Å². The zero-order valence-electron chi connectivity index (χ0n) is 27.2. The Morgan fingerprint density at radius 2 is 1.52 bits per heavy atom. The summed E-state index contributed by atoms with van der Waals surface area (Å²) < 4.78 is 6.08. The summed E-state index contributed by atoms with van der Waals surface area (Å²) in [4.78, 5) is 49.1. The molecule has 0 radical (unpaired) electrons. The van der Waals surface area contributed by atoms with Gasteiger partial charge in [-0.15, -0.1) is 0 Å². The number of carbonyl (C=O) groups excluding carboxylic acids is 2. The highest BCUT2D eigenvalue weighted by Gasteiger charge is 2.45. The molecule has 1 saturated heterocycles. The van der Waals surface area contributed by atoms with Crippen molar-refractivity contribution in [1.82, 2.24) is 29.6 Å². The van der Waals surface area contributed by atoms with Crippen LogP contribution in [-0.2, 0) is 10.2 Å². The molecule has 10 nitrogen and oxygen atoms in total. The van der Waals surface area contributed by atoms with E-state index in [4.69, 9.17) is 42.9 Å². The Morgan fingerprint density at radius 1 is 0.935 bits per heavy atom. The third-order valence-corrected chi connectivity index (χ3v) is 8.65. The van der Waals surface area contributed by atoms with Crippen LogP contribution in [0.1, 0.15) is 62.3 Å². The van der Waals surface area contributed by atoms with Gasteiger partial charge in [0.1, 0.15) is 17.7 Å². The molecule has 0 aliphatic carbocycles. The Balaban J connectivity index is 1.60. The number of likely N-dealkylation sites (N-methyl/N-ethyl adjacent to an activating group) is 1. The van der Waals surface area contributed by atoms with Crippen LogP contribution in [0.4, 0.5) is 4.79 Å². The standard InChI is InChI=1S/C34H41Cl2N7O3/c1-7-46-31-26(20-37-32(39-31)34(2,3)4)30-38-28(22-8-12-24(35)13-9-22)29(23-10-14-25(36)15-11-23)43(30)33(45)42-18-16-41(17-19-42)21-27(44)40(5)6/h8-15,20,28-29H,7,16-19,21H2,1-6H3/t28-,29+/m0/s1. The van der Waals surface area contributed by atoms with E-state index in [1.165, 1.54) is 0 Å². The molecule has 2 aliphatic rings. The molecule has 3 amide bonds. The van der Waals surface area contributed by atoms with Gasteiger partial charge < -0.3 is 14.5 Å². The van der Waals surface area contributed by atoms with Gasteiger partial charge in [0, 0.05) is 61.9 Å². The molecule has 244 valence electrons. The third kappa shape index (κ3) is 7.29. The van der Waals surface area contributed by atoms with Gasteiger partial charge >= 0.3 is 6.03 Å². The first-order valence-corrected chi connectivity index (χ1v) is 16.2. The van der Waals surface area contributed by atoms with E-state index in [1.54, 1.807) is 30.1 Å². The summed E-state index contributed by atoms with van der Waals surface area (Å²) in [7, 11) is 3.50. The SMILES string of the molecule is CCOc1nc(C(C)(C)C)ncc1C1=N[C@@H](c2ccc(Cl)cc2)[C@@H](c2ccc(Cl)cc2)N1C(=O)N1CCN(CC(=O)N(C)C)CC1. The van der Waals surface area contributed by atoms with Gasteiger partial charge in [-0.25, -0.2) is 9.78 Å². The number of benzene rings is 2. The van der Waals surface area contributed by atoms with E-state index in [0.29, 0.717) is 72.5 Å². The van der Waals surface area contributed by atoms with E-state index in [-0.39, 0.29) is 17.4 Å². The average molecular weight is 667 g/mol. The number of aliphatic imine (C=N–C) groups is 1. The molecule has 0 bridgehead atoms. The first-order valence-electron chi connectivity index (χ1n) is 15.5. The Labute approximate surface area is 281 Å². The van der Waals surface area contributed by atoms with Crippen molar-refractivity contribution in [2.45, 2.75) is 45.2 Å². The molecule has 0 saturated carbocycles. The summed E-state index contributed by atoms with van der Waals surface area (Å²) in [5, 5.41) is 1.20. The van der Waals surface area contributed by atoms with Gasteiger partial charge in [0.05, 0.1) is 24.8 Å². The van der Waals surface area contributed by atoms with Gasteiger partial charge in [0.2, 0.25) is 11.8 Å². The highest BCUT2D eigenvalue weighted by atomic mass is 35.5. The fourth-order valence-electron chi connectivity index (χ4n) is 5.56. The molecule has 1 aromatic heterocycles. The topological polar surface area (TPSA) is 94.5 Å². The van der Waals surface area contributed by atoms with E-state index >= 15 is 0 Å². The number of urea groups is 1. The minimum atomic E-state index is -0.508. The quantitative estimate of drug-likeness (QED) is 0.314. The van der Waals surface area contributed by atoms with E-state index in [9.17, 15) is 9.59 Å². The molecule has 46 heavy (non-hydrogen) atoms. The molecule has 12 heteroatoms. The second-order valence-corrected chi connectivity index (χ2v) is 13.6. The van der Waals surface area contributed by atoms with Crippen LogP contribution in [0.15, 0.2) is 59.7 Å². The van der Waals surface area contributed by atoms with Crippen molar-refractivity contribution >= 4 is 41.0 Å². The van der Waals surface area contributed by atoms with Crippen molar-refractivity contribution < 1.29 is 14.3 Å². The lowest BCUT2D eigenvalue weighted by Gasteiger charge is -2.39. The normalized spacial score (nSPS) is 18.8. The number of amides is 3. The average Bonchev–Trinajstić information content (AvgIpc) is 3.41. The number of nitrogens with zero attached hydrogens (tertiary/aromatic N) is 7. The summed E-state index contributed by atoms with van der Waals surface area (Å²) in [6.07, 6.45) is 1.71. The van der Waals surface area contributed by atoms with Gasteiger partial charge in [-0.1, -0.05) is 68.2 Å². The lowest BCUT2D eigenvalue weighted by molar-refractivity contribution is -0.130. The highest BCUT2D eigenvalue weighted by Crippen LogP contribution is 2.45. The van der Waals surface area contributed by atoms with Crippen LogP contribution in [0.2, 0.25) is 10.0 Å². The lowest BCUT2D eigenvalue weighted by atomic mass is 9.93. The number of aromatic nitrogens is 2. The number of hydrogen-bond donors (Lipinski definition) is 0. The lowest BCUT2D eigenvalue weighted by Crippen LogP contribution is -2.55. The largest absolute Gasteiger partial charge is 0.477 e. The fraction of sp³-hybridized carbons (Fsp3) is 0.441. The molecule has 2 aromatic carbocycles. The number of amidine groups is 1. The Hall–Kier alpha value is -3.73. The summed E-state index contributed by atoms with van der Waals surface area (Å²) in [6, 6.07) is 13.9. The van der Waals surface area contributed by atoms with Crippen LogP contribution in [0.25, 0.3) is 0 Å². The predicted octanol–water partition coefficient (Wildman–Crippen LogP) is 5.85. The van der Waals surface area contributed by atoms with Crippen LogP contribution >= 0.6 is 23.2 Å². The summed E-state index contributed by atoms with van der Waals surface area (Å²) in [5.41, 5.74) is 1.99. The number of piperazine rings is 1. The zero-order chi connectivity index (χ0) is 33.2. The van der Waals surface area contributed by atoms with Crippen molar-refractivity contribution in [3.63, 3.8) is 0 Å². The number of hydrogen-bond acceptors (Lipinski definition) is 7. The summed E-state index contributed by atoms with van der Waals surface area (Å²) in [6.45, 7) is 10.8. The molecule has 0 spiro atoms. The monoisotopic (exact) mass is 665 g/mol. The van der Waals surface area contributed by atoms with Gasteiger partial charge in [-0.3, -0.25) is 19.6 Å². The summed E-state index contributed by atoms with van der Waals surface area (Å²) >= 11 is 12.6. The third-order valence-electron chi connectivity index (χ3n) is 8.14. The maximum atomic E-state index is 14.7. The van der Waals surface area contributed by atoms with Crippen LogP contribution in [-0.4, -0.2) is 101 Å². The van der Waals surface area contributed by atoms with Crippen molar-refractivity contribution in [2.24, 2.45) is 4.99 Å². The molecule has 2 atom stereocenters. The van der Waals surface area contributed by atoms with Gasteiger partial charge in [0.15, 0.2) is 0 Å². The number of rotatable bonds is 7. The number of halogens is 2. The fourth-order valence-corrected chi connectivity index (χ4v) is 5.82. The van der Waals surface area contributed by atoms with E-state index in [1.807, 2.05) is 81.1 Å². The number of carbonyl (C=O) groups is 2. The molecule has 0 N–H and O–H groups in total. The predicted molar refractivity (Wildman–Crippen MR) is 181 cm³/mol. The molecule has 2 aliphatic heterocycles. The van der Waals surface area contributed by atoms with Crippen LogP contribution in [0, 0.1) is 0 Å². The van der Waals surface area contributed by atoms with Gasteiger partial charge in [0.25, 0.3) is 0 Å². The smallest absolute Gasteiger partial charge is 0.326 e. The molecule has 0 unspecified atom stereocenters. The highest BCUT2D eigenvalue weighted by molar-refractivity contribution is 6.30. The summed E-state index contributed by atoms with van der Waals surface area (Å²) in [5.74, 6) is 1.46. The Bertz CT molecular complexity index is 1580. The Kier molecular flexibility index (Phi) is 10.2. The first-order chi connectivity index (χ1) is 21.9. The zero-order valence-corrected chi connectivity index (χ0v) is 28.7. The van der Waals surface area contributed by atoms with E-state index in [2.05, 4.69) is 4.90 Å². The first kappa shape index (κ1) is 33.6. The van der Waals surface area contributed by atoms with E-state index < -0.39 is 12.1 Å². The second kappa shape index (κ2) is 13.9. The Morgan fingerprint density at radius 3 is 2.07 bits per heavy atom. The van der Waals surface area contributed by atoms with Crippen molar-refractivity contribution in [3.8, 4) is 5.88 Å². The molecule has 3 aromatic rings. The van der Waals surface area contributed by atoms with Crippen LogP contribution in [0.3, 0.4) is 0 Å². The maximum absolute atomic E-state index is 14.7. The minimum Gasteiger partial charge on any atom is -0.477 e. The van der Waals surface area contributed by atoms with Crippen LogP contribution < -0.4 is 4.74 Å². The van der Waals surface area contributed by atoms with Crippen molar-refractivity contribution in [1.29, 1.82) is 0 Å². The molecule has 3 heterocycles. The molecular weight excluding hydrogens is 625 g/mol. The van der Waals surface area contributed by atoms with Crippen molar-refractivity contribution in [3.05, 3.63) is 87.3 Å². The van der Waals surface area contributed by atoms with Gasteiger partial charge in [-0.2, -0.15) is 4.98 Å². The number of ether oxygens (including phenoxy) is 1. The minimum absolute atomic E-state index is 0.0319. The molecular formula is C34H41Cl2N7O3. The molecule has 1 fully saturated rings. The second-order valence-electron chi connectivity index (χ2n) is 12.7. The van der Waals surface area contributed by atoms with E-state index in [0.717, 1.165) is 11.1 Å². The maximum Gasteiger partial charge on any atom is 0.326 e. The van der Waals surface area contributed by atoms with Crippen LogP contribution in [0.5, 0.6) is 5.88 Å². The molecule has 5 rings (SSSR count).